The maximum absolute atomic E-state index is 13.9. The van der Waals surface area contributed by atoms with Crippen LogP contribution in [0.3, 0.4) is 0 Å². The fraction of sp³-hybridized carbons (Fsp3) is 0.214. The second kappa shape index (κ2) is 9.12. The lowest BCUT2D eigenvalue weighted by Crippen LogP contribution is -2.40. The van der Waals surface area contributed by atoms with Gasteiger partial charge in [-0.3, -0.25) is 14.3 Å². The van der Waals surface area contributed by atoms with Crippen molar-refractivity contribution in [2.75, 3.05) is 6.54 Å². The van der Waals surface area contributed by atoms with Crippen LogP contribution in [0, 0.1) is 12.7 Å². The highest BCUT2D eigenvalue weighted by atomic mass is 19.1. The molecule has 0 radical (unpaired) electrons. The first-order valence-electron chi connectivity index (χ1n) is 11.3. The van der Waals surface area contributed by atoms with E-state index in [-0.39, 0.29) is 17.4 Å². The van der Waals surface area contributed by atoms with E-state index in [1.165, 1.54) is 12.1 Å². The van der Waals surface area contributed by atoms with Gasteiger partial charge in [0.15, 0.2) is 0 Å². The molecule has 4 aromatic rings. The minimum Gasteiger partial charge on any atom is -0.294 e. The second-order valence-electron chi connectivity index (χ2n) is 8.57. The lowest BCUT2D eigenvalue weighted by atomic mass is 9.97. The summed E-state index contributed by atoms with van der Waals surface area (Å²) in [5.41, 5.74) is 4.80. The predicted molar refractivity (Wildman–Crippen MR) is 128 cm³/mol. The quantitative estimate of drug-likeness (QED) is 0.445. The summed E-state index contributed by atoms with van der Waals surface area (Å²) in [6.45, 7) is 3.95. The molecule has 0 fully saturated rings. The van der Waals surface area contributed by atoms with Gasteiger partial charge in [0.05, 0.1) is 17.3 Å². The van der Waals surface area contributed by atoms with Gasteiger partial charge < -0.3 is 0 Å². The van der Waals surface area contributed by atoms with Gasteiger partial charge in [0.2, 0.25) is 0 Å². The zero-order valence-corrected chi connectivity index (χ0v) is 18.6. The van der Waals surface area contributed by atoms with E-state index in [9.17, 15) is 9.18 Å². The lowest BCUT2D eigenvalue weighted by Gasteiger charge is -2.30. The van der Waals surface area contributed by atoms with Crippen LogP contribution in [0.5, 0.6) is 0 Å². The van der Waals surface area contributed by atoms with Crippen molar-refractivity contribution < 1.29 is 4.39 Å². The average Bonchev–Trinajstić information content (AvgIpc) is 2.85. The molecule has 1 aromatic heterocycles. The molecule has 0 bridgehead atoms. The number of nitrogens with zero attached hydrogens (tertiary/aromatic N) is 3. The van der Waals surface area contributed by atoms with Crippen molar-refractivity contribution in [1.82, 2.24) is 14.5 Å². The van der Waals surface area contributed by atoms with Crippen LogP contribution >= 0.6 is 0 Å². The van der Waals surface area contributed by atoms with Crippen LogP contribution < -0.4 is 5.56 Å². The number of aromatic nitrogens is 2. The van der Waals surface area contributed by atoms with E-state index in [4.69, 9.17) is 4.98 Å². The number of halogens is 1. The summed E-state index contributed by atoms with van der Waals surface area (Å²) in [6, 6.07) is 26.5. The van der Waals surface area contributed by atoms with Crippen LogP contribution in [0.4, 0.5) is 4.39 Å². The normalized spacial score (nSPS) is 13.8. The van der Waals surface area contributed by atoms with Gasteiger partial charge in [-0.05, 0) is 35.7 Å². The first-order valence-corrected chi connectivity index (χ1v) is 11.3. The molecule has 0 saturated carbocycles. The maximum Gasteiger partial charge on any atom is 0.259 e. The van der Waals surface area contributed by atoms with Gasteiger partial charge in [0.1, 0.15) is 11.6 Å². The molecule has 0 unspecified atom stereocenters. The number of rotatable bonds is 5. The lowest BCUT2D eigenvalue weighted by molar-refractivity contribution is 0.240. The van der Waals surface area contributed by atoms with E-state index in [1.54, 1.807) is 12.1 Å². The molecule has 0 saturated heterocycles. The van der Waals surface area contributed by atoms with Crippen molar-refractivity contribution in [3.8, 4) is 0 Å². The first-order chi connectivity index (χ1) is 16.1. The van der Waals surface area contributed by atoms with Crippen molar-refractivity contribution in [3.63, 3.8) is 0 Å². The van der Waals surface area contributed by atoms with E-state index in [1.807, 2.05) is 47.9 Å². The fourth-order valence-electron chi connectivity index (χ4n) is 4.71. The summed E-state index contributed by atoms with van der Waals surface area (Å²) in [7, 11) is 0. The third-order valence-corrected chi connectivity index (χ3v) is 6.33. The molecule has 3 aromatic carbocycles. The summed E-state index contributed by atoms with van der Waals surface area (Å²) in [5.74, 6) is 0.488. The maximum atomic E-state index is 13.9. The first kappa shape index (κ1) is 21.3. The van der Waals surface area contributed by atoms with Crippen LogP contribution in [0.1, 0.15) is 39.8 Å². The van der Waals surface area contributed by atoms with E-state index >= 15 is 0 Å². The zero-order valence-electron chi connectivity index (χ0n) is 18.6. The Morgan fingerprint density at radius 2 is 1.52 bits per heavy atom. The van der Waals surface area contributed by atoms with E-state index in [0.29, 0.717) is 13.1 Å². The minimum atomic E-state index is -0.245. The van der Waals surface area contributed by atoms with Gasteiger partial charge in [0.25, 0.3) is 5.56 Å². The highest BCUT2D eigenvalue weighted by Crippen LogP contribution is 2.27. The summed E-state index contributed by atoms with van der Waals surface area (Å²) >= 11 is 0. The summed E-state index contributed by atoms with van der Waals surface area (Å²) in [5, 5.41) is 0. The topological polar surface area (TPSA) is 38.1 Å². The molecule has 0 N–H and O–H groups in total. The zero-order chi connectivity index (χ0) is 22.8. The van der Waals surface area contributed by atoms with Crippen LogP contribution in [-0.4, -0.2) is 21.0 Å². The molecule has 0 spiro atoms. The molecule has 1 aliphatic rings. The molecule has 4 nitrogen and oxygen atoms in total. The van der Waals surface area contributed by atoms with Crippen molar-refractivity contribution in [2.24, 2.45) is 0 Å². The summed E-state index contributed by atoms with van der Waals surface area (Å²) in [6.07, 6.45) is 0.731. The minimum absolute atomic E-state index is 0.0130. The smallest absolute Gasteiger partial charge is 0.259 e. The summed E-state index contributed by atoms with van der Waals surface area (Å²) in [4.78, 5) is 21.0. The molecule has 0 aliphatic carbocycles. The molecule has 1 aliphatic heterocycles. The van der Waals surface area contributed by atoms with Crippen LogP contribution in [0.25, 0.3) is 0 Å². The standard InChI is InChI=1S/C28H26FN3O/c1-20-30-26-16-17-31(18-21-12-14-24(29)15-13-21)19-25(26)28(33)32(20)27(22-8-4-2-5-9-22)23-10-6-3-7-11-23/h2-15,27H,16-19H2,1H3. The molecule has 166 valence electrons. The van der Waals surface area contributed by atoms with E-state index in [0.717, 1.165) is 46.7 Å². The Morgan fingerprint density at radius 1 is 0.909 bits per heavy atom. The molecular formula is C28H26FN3O. The van der Waals surface area contributed by atoms with Crippen molar-refractivity contribution in [1.29, 1.82) is 0 Å². The Bertz CT molecular complexity index is 1260. The van der Waals surface area contributed by atoms with Gasteiger partial charge in [-0.15, -0.1) is 0 Å². The van der Waals surface area contributed by atoms with Crippen molar-refractivity contribution >= 4 is 0 Å². The molecule has 0 amide bonds. The Balaban J connectivity index is 1.55. The number of fused-ring (bicyclic) bond motifs is 1. The number of aryl methyl sites for hydroxylation is 1. The van der Waals surface area contributed by atoms with Crippen LogP contribution in [0.15, 0.2) is 89.7 Å². The number of hydrogen-bond acceptors (Lipinski definition) is 3. The largest absolute Gasteiger partial charge is 0.294 e. The monoisotopic (exact) mass is 439 g/mol. The highest BCUT2D eigenvalue weighted by molar-refractivity contribution is 5.35. The average molecular weight is 440 g/mol. The van der Waals surface area contributed by atoms with Crippen molar-refractivity contribution in [2.45, 2.75) is 32.5 Å². The molecule has 5 rings (SSSR count). The second-order valence-corrected chi connectivity index (χ2v) is 8.57. The molecular weight excluding hydrogens is 413 g/mol. The molecule has 33 heavy (non-hydrogen) atoms. The van der Waals surface area contributed by atoms with Gasteiger partial charge in [0, 0.05) is 26.1 Å². The Kier molecular flexibility index (Phi) is 5.88. The molecule has 5 heteroatoms. The fourth-order valence-corrected chi connectivity index (χ4v) is 4.71. The van der Waals surface area contributed by atoms with Crippen LogP contribution in [0.2, 0.25) is 0 Å². The van der Waals surface area contributed by atoms with Gasteiger partial charge >= 0.3 is 0 Å². The van der Waals surface area contributed by atoms with Gasteiger partial charge in [-0.1, -0.05) is 72.8 Å². The molecule has 2 heterocycles. The Labute approximate surface area is 193 Å². The van der Waals surface area contributed by atoms with Crippen LogP contribution in [-0.2, 0) is 19.5 Å². The van der Waals surface area contributed by atoms with E-state index in [2.05, 4.69) is 29.2 Å². The van der Waals surface area contributed by atoms with Gasteiger partial charge in [-0.2, -0.15) is 0 Å². The third-order valence-electron chi connectivity index (χ3n) is 6.33. The summed E-state index contributed by atoms with van der Waals surface area (Å²) < 4.78 is 15.1. The highest BCUT2D eigenvalue weighted by Gasteiger charge is 2.26. The van der Waals surface area contributed by atoms with E-state index < -0.39 is 0 Å². The molecule has 0 atom stereocenters. The SMILES string of the molecule is Cc1nc2c(c(=O)n1C(c1ccccc1)c1ccccc1)CN(Cc1ccc(F)cc1)CC2. The third kappa shape index (κ3) is 4.37. The van der Waals surface area contributed by atoms with Crippen molar-refractivity contribution in [3.05, 3.63) is 135 Å². The predicted octanol–water partition coefficient (Wildman–Crippen LogP) is 4.89. The Hall–Kier alpha value is -3.57. The number of hydrogen-bond donors (Lipinski definition) is 0. The number of benzene rings is 3. The Morgan fingerprint density at radius 3 is 2.12 bits per heavy atom. The van der Waals surface area contributed by atoms with Gasteiger partial charge in [-0.25, -0.2) is 9.37 Å².